The number of aliphatic hydroxyl groups is 3. The second-order valence-electron chi connectivity index (χ2n) is 18.7. The molecule has 2 saturated heterocycles. The third-order valence-corrected chi connectivity index (χ3v) is 11.7. The molecule has 57 heavy (non-hydrogen) atoms. The van der Waals surface area contributed by atoms with E-state index in [1.807, 2.05) is 41.5 Å². The van der Waals surface area contributed by atoms with Gasteiger partial charge in [0.2, 0.25) is 5.60 Å². The average molecular weight is 835 g/mol. The molecule has 17 heteroatoms. The minimum Gasteiger partial charge on any atom is -0.462 e. The molecule has 1 saturated carbocycles. The Hall–Kier alpha value is -2.63. The Morgan fingerprint density at radius 1 is 0.719 bits per heavy atom. The number of carbonyl (C=O) groups is 4. The second kappa shape index (κ2) is 18.3. The summed E-state index contributed by atoms with van der Waals surface area (Å²) in [5, 5.41) is 29.9. The van der Waals surface area contributed by atoms with Crippen LogP contribution in [-0.2, 0) is 42.9 Å². The van der Waals surface area contributed by atoms with E-state index in [2.05, 4.69) is 9.47 Å². The Balaban J connectivity index is 0.000000438. The number of hydrogen-bond donors (Lipinski definition) is 3. The third-order valence-electron chi connectivity index (χ3n) is 11.7. The molecule has 4 unspecified atom stereocenters. The van der Waals surface area contributed by atoms with Crippen molar-refractivity contribution in [3.05, 3.63) is 0 Å². The molecule has 3 N–H and O–H groups in total. The van der Waals surface area contributed by atoms with Crippen LogP contribution in [-0.4, -0.2) is 99.3 Å². The normalized spacial score (nSPS) is 28.2. The molecular formula is C40H67F5O12. The van der Waals surface area contributed by atoms with Crippen molar-refractivity contribution >= 4 is 23.9 Å². The van der Waals surface area contributed by atoms with E-state index in [-0.39, 0.29) is 61.4 Å². The maximum atomic E-state index is 14.0. The lowest BCUT2D eigenvalue weighted by atomic mass is 9.68. The third kappa shape index (κ3) is 12.9. The fourth-order valence-corrected chi connectivity index (χ4v) is 5.61. The summed E-state index contributed by atoms with van der Waals surface area (Å²) < 4.78 is 90.0. The number of halogens is 5. The predicted octanol–water partition coefficient (Wildman–Crippen LogP) is 7.21. The summed E-state index contributed by atoms with van der Waals surface area (Å²) in [5.41, 5.74) is -6.72. The molecule has 3 rings (SSSR count). The molecule has 2 heterocycles. The summed E-state index contributed by atoms with van der Waals surface area (Å²) >= 11 is 0. The second-order valence-corrected chi connectivity index (χ2v) is 18.7. The smallest absolute Gasteiger partial charge is 0.449 e. The van der Waals surface area contributed by atoms with Crippen molar-refractivity contribution in [1.29, 1.82) is 0 Å². The van der Waals surface area contributed by atoms with Gasteiger partial charge in [0.05, 0.1) is 40.5 Å². The Bertz CT molecular complexity index is 1380. The van der Waals surface area contributed by atoms with E-state index >= 15 is 0 Å². The molecule has 3 aliphatic rings. The number of esters is 4. The monoisotopic (exact) mass is 834 g/mol. The van der Waals surface area contributed by atoms with Crippen molar-refractivity contribution in [2.45, 2.75) is 189 Å². The highest BCUT2D eigenvalue weighted by Gasteiger charge is 2.82. The van der Waals surface area contributed by atoms with Gasteiger partial charge in [-0.25, -0.2) is 0 Å². The standard InChI is InChI=1S/C18H34O4.C12H17F5O4.C10H16O4/c1-8-16(2,3)15(19)22-14-10-12(17(4,5)20)9-13(11-14)18(6,7)21;1-5-8(2,3)7(18)21-9(4)6-20-11(19,10(9,13)14)12(15,16)17;1-4-10(2,3)9(12)14-7-5-8(11)13-6-7/h12-14,20-21H,8-11H2,1-7H3;19H,5-6H2,1-4H3;7H,4-6H2,1-3H3/t12-,13+,14?;;. The molecule has 12 nitrogen and oxygen atoms in total. The van der Waals surface area contributed by atoms with Gasteiger partial charge in [0, 0.05) is 0 Å². The number of hydrogen-bond acceptors (Lipinski definition) is 12. The number of alkyl halides is 5. The lowest BCUT2D eigenvalue weighted by Crippen LogP contribution is -2.63. The number of carbonyl (C=O) groups excluding carboxylic acids is 4. The predicted molar refractivity (Wildman–Crippen MR) is 197 cm³/mol. The van der Waals surface area contributed by atoms with Crippen LogP contribution in [0.4, 0.5) is 22.0 Å². The van der Waals surface area contributed by atoms with Gasteiger partial charge in [-0.1, -0.05) is 20.8 Å². The Kier molecular flexibility index (Phi) is 16.8. The van der Waals surface area contributed by atoms with Crippen molar-refractivity contribution in [2.24, 2.45) is 28.1 Å². The van der Waals surface area contributed by atoms with E-state index in [1.165, 1.54) is 13.8 Å². The Morgan fingerprint density at radius 3 is 1.42 bits per heavy atom. The molecule has 0 bridgehead atoms. The van der Waals surface area contributed by atoms with Crippen LogP contribution in [0.2, 0.25) is 0 Å². The molecule has 334 valence electrons. The van der Waals surface area contributed by atoms with Crippen molar-refractivity contribution in [2.75, 3.05) is 13.2 Å². The molecule has 0 amide bonds. The van der Waals surface area contributed by atoms with Gasteiger partial charge in [0.15, 0.2) is 0 Å². The lowest BCUT2D eigenvalue weighted by Gasteiger charge is -2.44. The quantitative estimate of drug-likeness (QED) is 0.109. The average Bonchev–Trinajstić information content (AvgIpc) is 3.57. The van der Waals surface area contributed by atoms with Gasteiger partial charge >= 0.3 is 41.8 Å². The minimum atomic E-state index is -5.74. The maximum absolute atomic E-state index is 14.0. The number of cyclic esters (lactones) is 1. The fraction of sp³-hybridized carbons (Fsp3) is 0.900. The summed E-state index contributed by atoms with van der Waals surface area (Å²) in [7, 11) is 0. The molecule has 0 aromatic carbocycles. The van der Waals surface area contributed by atoms with Gasteiger partial charge in [-0.05, 0) is 127 Å². The summed E-state index contributed by atoms with van der Waals surface area (Å²) in [6.07, 6.45) is -2.44. The maximum Gasteiger partial charge on any atom is 0.449 e. The van der Waals surface area contributed by atoms with Crippen molar-refractivity contribution in [3.63, 3.8) is 0 Å². The van der Waals surface area contributed by atoms with E-state index in [0.717, 1.165) is 12.8 Å². The first-order valence-electron chi connectivity index (χ1n) is 19.4. The van der Waals surface area contributed by atoms with Gasteiger partial charge in [-0.15, -0.1) is 0 Å². The summed E-state index contributed by atoms with van der Waals surface area (Å²) in [6, 6.07) is 0. The van der Waals surface area contributed by atoms with Crippen LogP contribution in [0.25, 0.3) is 0 Å². The Labute approximate surface area is 333 Å². The van der Waals surface area contributed by atoms with Crippen LogP contribution in [0.15, 0.2) is 0 Å². The molecule has 2 aliphatic heterocycles. The van der Waals surface area contributed by atoms with Gasteiger partial charge in [0.25, 0.3) is 0 Å². The highest BCUT2D eigenvalue weighted by molar-refractivity contribution is 5.78. The largest absolute Gasteiger partial charge is 0.462 e. The molecule has 6 atom stereocenters. The summed E-state index contributed by atoms with van der Waals surface area (Å²) in [4.78, 5) is 46.5. The molecule has 0 aromatic heterocycles. The summed E-state index contributed by atoms with van der Waals surface area (Å²) in [6.45, 7) is 22.4. The minimum absolute atomic E-state index is 0.0141. The van der Waals surface area contributed by atoms with Gasteiger partial charge in [-0.3, -0.25) is 19.2 Å². The lowest BCUT2D eigenvalue weighted by molar-refractivity contribution is -0.409. The van der Waals surface area contributed by atoms with Gasteiger partial charge in [0.1, 0.15) is 18.8 Å². The first-order valence-corrected chi connectivity index (χ1v) is 19.4. The molecule has 0 spiro atoms. The zero-order chi connectivity index (χ0) is 45.0. The van der Waals surface area contributed by atoms with E-state index in [9.17, 15) is 56.4 Å². The first-order chi connectivity index (χ1) is 25.4. The summed E-state index contributed by atoms with van der Waals surface area (Å²) in [5.74, 6) is -11.3. The highest BCUT2D eigenvalue weighted by Crippen LogP contribution is 2.55. The van der Waals surface area contributed by atoms with Crippen LogP contribution >= 0.6 is 0 Å². The SMILES string of the molecule is CCC(C)(C)C(=O)OC1(C)COC(O)(C(F)(F)F)C1(F)F.CCC(C)(C)C(=O)OC1COC(=O)C1.CCC(C)(C)C(=O)OC1C[C@@H](C(C)(C)O)C[C@@H](C(C)(C)O)C1. The number of ether oxygens (including phenoxy) is 5. The van der Waals surface area contributed by atoms with Crippen molar-refractivity contribution < 1.29 is 80.1 Å². The van der Waals surface area contributed by atoms with Crippen LogP contribution in [0.3, 0.4) is 0 Å². The van der Waals surface area contributed by atoms with Crippen LogP contribution in [0.5, 0.6) is 0 Å². The zero-order valence-electron chi connectivity index (χ0n) is 36.1. The molecule has 0 radical (unpaired) electrons. The van der Waals surface area contributed by atoms with Crippen LogP contribution in [0.1, 0.15) is 142 Å². The Morgan fingerprint density at radius 2 is 1.11 bits per heavy atom. The van der Waals surface area contributed by atoms with E-state index in [1.54, 1.807) is 34.6 Å². The zero-order valence-corrected chi connectivity index (χ0v) is 36.1. The van der Waals surface area contributed by atoms with Crippen LogP contribution < -0.4 is 0 Å². The van der Waals surface area contributed by atoms with Gasteiger partial charge < -0.3 is 39.0 Å². The van der Waals surface area contributed by atoms with Crippen LogP contribution in [0, 0.1) is 28.1 Å². The van der Waals surface area contributed by atoms with Gasteiger partial charge in [-0.2, -0.15) is 22.0 Å². The van der Waals surface area contributed by atoms with E-state index in [4.69, 9.17) is 14.2 Å². The molecular weight excluding hydrogens is 767 g/mol. The molecule has 0 aromatic rings. The topological polar surface area (TPSA) is 175 Å². The fourth-order valence-electron chi connectivity index (χ4n) is 5.61. The highest BCUT2D eigenvalue weighted by atomic mass is 19.4. The van der Waals surface area contributed by atoms with Crippen molar-refractivity contribution in [1.82, 2.24) is 0 Å². The van der Waals surface area contributed by atoms with Crippen molar-refractivity contribution in [3.8, 4) is 0 Å². The van der Waals surface area contributed by atoms with E-state index < -0.39 is 63.5 Å². The number of rotatable bonds is 11. The molecule has 1 aliphatic carbocycles. The molecule has 3 fully saturated rings. The first kappa shape index (κ1) is 52.4. The van der Waals surface area contributed by atoms with E-state index in [0.29, 0.717) is 26.2 Å².